The molecule has 1 unspecified atom stereocenters. The molecule has 1 saturated heterocycles. The Hall–Kier alpha value is -1.06. The summed E-state index contributed by atoms with van der Waals surface area (Å²) < 4.78 is 5.77. The highest BCUT2D eigenvalue weighted by Gasteiger charge is 2.15. The summed E-state index contributed by atoms with van der Waals surface area (Å²) in [6.45, 7) is 6.17. The minimum atomic E-state index is 0.442. The summed E-state index contributed by atoms with van der Waals surface area (Å²) in [6, 6.07) is 8.43. The summed E-state index contributed by atoms with van der Waals surface area (Å²) in [4.78, 5) is 2.36. The quantitative estimate of drug-likeness (QED) is 0.853. The highest BCUT2D eigenvalue weighted by Crippen LogP contribution is 2.14. The smallest absolute Gasteiger partial charge is 0.0701 e. The zero-order chi connectivity index (χ0) is 13.5. The molecule has 2 rings (SSSR count). The molecular weight excluding hydrogens is 236 g/mol. The van der Waals surface area contributed by atoms with E-state index < -0.39 is 0 Å². The second-order valence-corrected chi connectivity index (χ2v) is 5.49. The van der Waals surface area contributed by atoms with Crippen molar-refractivity contribution in [2.75, 3.05) is 38.6 Å². The summed E-state index contributed by atoms with van der Waals surface area (Å²) in [7, 11) is 2.18. The fourth-order valence-corrected chi connectivity index (χ4v) is 2.54. The number of benzene rings is 1. The number of hydrogen-bond donors (Lipinski definition) is 1. The monoisotopic (exact) mass is 262 g/mol. The summed E-state index contributed by atoms with van der Waals surface area (Å²) in [5.41, 5.74) is 2.55. The van der Waals surface area contributed by atoms with Gasteiger partial charge in [-0.3, -0.25) is 0 Å². The van der Waals surface area contributed by atoms with Gasteiger partial charge in [0.1, 0.15) is 0 Å². The average molecular weight is 262 g/mol. The average Bonchev–Trinajstić information content (AvgIpc) is 2.42. The molecule has 1 N–H and O–H groups in total. The molecule has 19 heavy (non-hydrogen) atoms. The van der Waals surface area contributed by atoms with E-state index in [1.165, 1.54) is 30.5 Å². The molecule has 0 bridgehead atoms. The lowest BCUT2D eigenvalue weighted by Crippen LogP contribution is -2.35. The predicted octanol–water partition coefficient (Wildman–Crippen LogP) is 2.91. The van der Waals surface area contributed by atoms with Crippen LogP contribution in [0.2, 0.25) is 0 Å². The maximum absolute atomic E-state index is 5.77. The number of rotatable bonds is 6. The fourth-order valence-electron chi connectivity index (χ4n) is 2.54. The fraction of sp³-hybridized carbons (Fsp3) is 0.625. The van der Waals surface area contributed by atoms with Crippen LogP contribution in [0.3, 0.4) is 0 Å². The van der Waals surface area contributed by atoms with Gasteiger partial charge in [-0.05, 0) is 44.9 Å². The molecule has 1 heterocycles. The van der Waals surface area contributed by atoms with Gasteiger partial charge in [0, 0.05) is 31.9 Å². The van der Waals surface area contributed by atoms with E-state index in [0.29, 0.717) is 6.10 Å². The lowest BCUT2D eigenvalue weighted by molar-refractivity contribution is -0.000835. The van der Waals surface area contributed by atoms with Gasteiger partial charge in [-0.2, -0.15) is 0 Å². The molecule has 1 aliphatic rings. The second kappa shape index (κ2) is 7.51. The molecule has 106 valence electrons. The normalized spacial score (nSPS) is 19.6. The molecule has 0 aromatic heterocycles. The molecule has 0 saturated carbocycles. The number of ether oxygens (including phenoxy) is 1. The van der Waals surface area contributed by atoms with Gasteiger partial charge in [-0.15, -0.1) is 0 Å². The number of anilines is 1. The lowest BCUT2D eigenvalue weighted by atomic mass is 10.1. The second-order valence-electron chi connectivity index (χ2n) is 5.49. The molecule has 1 fully saturated rings. The highest BCUT2D eigenvalue weighted by molar-refractivity contribution is 5.50. The third-order valence-electron chi connectivity index (χ3n) is 3.74. The Bertz CT molecular complexity index is 375. The molecule has 1 aromatic rings. The van der Waals surface area contributed by atoms with Gasteiger partial charge < -0.3 is 15.0 Å². The maximum Gasteiger partial charge on any atom is 0.0701 e. The topological polar surface area (TPSA) is 24.5 Å². The van der Waals surface area contributed by atoms with Crippen LogP contribution >= 0.6 is 0 Å². The maximum atomic E-state index is 5.77. The Morgan fingerprint density at radius 2 is 2.16 bits per heavy atom. The molecule has 0 amide bonds. The minimum absolute atomic E-state index is 0.442. The molecule has 0 radical (unpaired) electrons. The van der Waals surface area contributed by atoms with Crippen LogP contribution in [0.15, 0.2) is 24.3 Å². The third-order valence-corrected chi connectivity index (χ3v) is 3.74. The number of para-hydroxylation sites is 1. The Morgan fingerprint density at radius 1 is 1.32 bits per heavy atom. The van der Waals surface area contributed by atoms with Crippen molar-refractivity contribution in [3.05, 3.63) is 29.8 Å². The van der Waals surface area contributed by atoms with Crippen molar-refractivity contribution >= 4 is 5.69 Å². The lowest BCUT2D eigenvalue weighted by Gasteiger charge is -2.27. The number of aryl methyl sites for hydroxylation is 1. The third kappa shape index (κ3) is 4.84. The van der Waals surface area contributed by atoms with Gasteiger partial charge >= 0.3 is 0 Å². The van der Waals surface area contributed by atoms with E-state index in [4.69, 9.17) is 4.74 Å². The zero-order valence-corrected chi connectivity index (χ0v) is 12.2. The first-order chi connectivity index (χ1) is 9.25. The van der Waals surface area contributed by atoms with Crippen LogP contribution in [0.1, 0.15) is 24.8 Å². The van der Waals surface area contributed by atoms with E-state index in [9.17, 15) is 0 Å². The largest absolute Gasteiger partial charge is 0.384 e. The van der Waals surface area contributed by atoms with Crippen molar-refractivity contribution in [2.24, 2.45) is 0 Å². The van der Waals surface area contributed by atoms with Crippen molar-refractivity contribution in [3.63, 3.8) is 0 Å². The summed E-state index contributed by atoms with van der Waals surface area (Å²) >= 11 is 0. The van der Waals surface area contributed by atoms with Crippen LogP contribution in [-0.2, 0) is 4.74 Å². The first-order valence-corrected chi connectivity index (χ1v) is 7.35. The van der Waals surface area contributed by atoms with Gasteiger partial charge in [0.2, 0.25) is 0 Å². The van der Waals surface area contributed by atoms with E-state index in [2.05, 4.69) is 48.5 Å². The molecule has 3 heteroatoms. The van der Waals surface area contributed by atoms with Crippen LogP contribution in [-0.4, -0.2) is 44.3 Å². The van der Waals surface area contributed by atoms with Crippen molar-refractivity contribution in [3.8, 4) is 0 Å². The Kier molecular flexibility index (Phi) is 5.67. The first-order valence-electron chi connectivity index (χ1n) is 7.35. The summed E-state index contributed by atoms with van der Waals surface area (Å²) in [6.07, 6.45) is 4.21. The predicted molar refractivity (Wildman–Crippen MR) is 80.8 cm³/mol. The Balaban J connectivity index is 1.66. The first kappa shape index (κ1) is 14.4. The summed E-state index contributed by atoms with van der Waals surface area (Å²) in [5, 5.41) is 3.50. The molecule has 1 aliphatic heterocycles. The number of likely N-dealkylation sites (N-methyl/N-ethyl adjacent to an activating group) is 1. The van der Waals surface area contributed by atoms with Crippen LogP contribution in [0.25, 0.3) is 0 Å². The highest BCUT2D eigenvalue weighted by atomic mass is 16.5. The van der Waals surface area contributed by atoms with E-state index >= 15 is 0 Å². The molecular formula is C16H26N2O. The van der Waals surface area contributed by atoms with Gasteiger partial charge in [0.25, 0.3) is 0 Å². The molecule has 1 aromatic carbocycles. The van der Waals surface area contributed by atoms with E-state index in [0.717, 1.165) is 26.2 Å². The van der Waals surface area contributed by atoms with Crippen LogP contribution < -0.4 is 5.32 Å². The van der Waals surface area contributed by atoms with Crippen LogP contribution in [0, 0.1) is 6.92 Å². The van der Waals surface area contributed by atoms with E-state index in [1.54, 1.807) is 0 Å². The Morgan fingerprint density at radius 3 is 2.89 bits per heavy atom. The van der Waals surface area contributed by atoms with Crippen LogP contribution in [0.4, 0.5) is 5.69 Å². The number of hydrogen-bond acceptors (Lipinski definition) is 3. The van der Waals surface area contributed by atoms with Gasteiger partial charge in [0.05, 0.1) is 6.10 Å². The molecule has 1 atom stereocenters. The van der Waals surface area contributed by atoms with E-state index in [1.807, 2.05) is 0 Å². The van der Waals surface area contributed by atoms with Crippen LogP contribution in [0.5, 0.6) is 0 Å². The molecule has 0 spiro atoms. The molecule has 0 aliphatic carbocycles. The van der Waals surface area contributed by atoms with Crippen molar-refractivity contribution < 1.29 is 4.74 Å². The van der Waals surface area contributed by atoms with Gasteiger partial charge in [-0.25, -0.2) is 0 Å². The number of nitrogens with one attached hydrogen (secondary N) is 1. The van der Waals surface area contributed by atoms with E-state index in [-0.39, 0.29) is 0 Å². The van der Waals surface area contributed by atoms with Gasteiger partial charge in [0.15, 0.2) is 0 Å². The molecule has 3 nitrogen and oxygen atoms in total. The van der Waals surface area contributed by atoms with Crippen molar-refractivity contribution in [1.82, 2.24) is 4.90 Å². The Labute approximate surface area is 116 Å². The SMILES string of the molecule is Cc1ccccc1NCCN(C)CC1CCCCO1. The minimum Gasteiger partial charge on any atom is -0.384 e. The summed E-state index contributed by atoms with van der Waals surface area (Å²) in [5.74, 6) is 0. The van der Waals surface area contributed by atoms with Crippen molar-refractivity contribution in [1.29, 1.82) is 0 Å². The zero-order valence-electron chi connectivity index (χ0n) is 12.2. The van der Waals surface area contributed by atoms with Gasteiger partial charge in [-0.1, -0.05) is 18.2 Å². The van der Waals surface area contributed by atoms with Crippen molar-refractivity contribution in [2.45, 2.75) is 32.3 Å². The standard InChI is InChI=1S/C16H26N2O/c1-14-7-3-4-9-16(14)17-10-11-18(2)13-15-8-5-6-12-19-15/h3-4,7,9,15,17H,5-6,8,10-13H2,1-2H3. The number of nitrogens with zero attached hydrogens (tertiary/aromatic N) is 1.